The molecule has 0 aliphatic heterocycles. The fourth-order valence-electron chi connectivity index (χ4n) is 0.0833. The lowest BCUT2D eigenvalue weighted by molar-refractivity contribution is 1.66. The van der Waals surface area contributed by atoms with E-state index in [-0.39, 0.29) is 0 Å². The second kappa shape index (κ2) is 2.53. The smallest absolute Gasteiger partial charge is 0.00215 e. The zero-order chi connectivity index (χ0) is 4.99. The van der Waals surface area contributed by atoms with Crippen molar-refractivity contribution in [1.29, 1.82) is 0 Å². The highest BCUT2D eigenvalue weighted by Gasteiger charge is 1.67. The first-order valence-electron chi connectivity index (χ1n) is 1.76. The minimum Gasteiger partial charge on any atom is -0.115 e. The van der Waals surface area contributed by atoms with E-state index in [1.54, 1.807) is 6.08 Å². The maximum Gasteiger partial charge on any atom is -0.00215 e. The van der Waals surface area contributed by atoms with Crippen molar-refractivity contribution in [2.75, 3.05) is 0 Å². The van der Waals surface area contributed by atoms with Gasteiger partial charge in [-0.3, -0.25) is 0 Å². The van der Waals surface area contributed by atoms with Crippen LogP contribution in [0.4, 0.5) is 0 Å². The van der Waals surface area contributed by atoms with E-state index >= 15 is 0 Å². The predicted molar refractivity (Wildman–Crippen MR) is 27.9 cm³/mol. The number of hydrogen-bond acceptors (Lipinski definition) is 0. The Morgan fingerprint density at radius 3 is 2.50 bits per heavy atom. The van der Waals surface area contributed by atoms with Crippen LogP contribution < -0.4 is 0 Å². The Labute approximate surface area is 38.9 Å². The predicted octanol–water partition coefficient (Wildman–Crippen LogP) is 1.40. The van der Waals surface area contributed by atoms with E-state index in [0.717, 1.165) is 5.57 Å². The van der Waals surface area contributed by atoms with Crippen molar-refractivity contribution >= 4 is 0 Å². The van der Waals surface area contributed by atoms with Gasteiger partial charge in [-0.25, -0.2) is 0 Å². The summed E-state index contributed by atoms with van der Waals surface area (Å²) in [5, 5.41) is 0. The lowest BCUT2D eigenvalue weighted by Crippen LogP contribution is -1.59. The summed E-state index contributed by atoms with van der Waals surface area (Å²) in [7, 11) is 0. The molecule has 0 nitrogen and oxygen atoms in total. The highest BCUT2D eigenvalue weighted by molar-refractivity contribution is 5.26. The molecule has 0 spiro atoms. The van der Waals surface area contributed by atoms with E-state index in [1.807, 2.05) is 6.92 Å². The van der Waals surface area contributed by atoms with Gasteiger partial charge in [0, 0.05) is 0 Å². The molecule has 0 atom stereocenters. The molecule has 0 amide bonds. The Bertz CT molecular complexity index is 91.1. The summed E-state index contributed by atoms with van der Waals surface area (Å²) in [6.45, 7) is 5.36. The second-order valence-corrected chi connectivity index (χ2v) is 0.958. The van der Waals surface area contributed by atoms with Crippen molar-refractivity contribution in [2.45, 2.75) is 6.92 Å². The molecule has 6 heavy (non-hydrogen) atoms. The normalized spacial score (nSPS) is 10.5. The van der Waals surface area contributed by atoms with Crippen LogP contribution in [0.3, 0.4) is 0 Å². The minimum atomic E-state index is 0.745. The Kier molecular flexibility index (Phi) is 2.24. The zero-order valence-corrected chi connectivity index (χ0v) is 3.86. The fraction of sp³-hybridized carbons (Fsp3) is 0.167. The van der Waals surface area contributed by atoms with Crippen LogP contribution in [0.25, 0.3) is 0 Å². The van der Waals surface area contributed by atoms with Crippen molar-refractivity contribution in [3.63, 3.8) is 0 Å². The zero-order valence-electron chi connectivity index (χ0n) is 3.86. The van der Waals surface area contributed by atoms with Gasteiger partial charge in [0.2, 0.25) is 0 Å². The molecule has 0 N–H and O–H groups in total. The maximum absolute atomic E-state index is 4.90. The van der Waals surface area contributed by atoms with Crippen LogP contribution in [0.15, 0.2) is 11.6 Å². The summed E-state index contributed by atoms with van der Waals surface area (Å²) in [5.41, 5.74) is 0.745. The molecule has 0 rings (SSSR count). The molecule has 0 bridgehead atoms. The van der Waals surface area contributed by atoms with Crippen LogP contribution in [0.2, 0.25) is 0 Å². The summed E-state index contributed by atoms with van der Waals surface area (Å²) in [6.07, 6.45) is 6.69. The van der Waals surface area contributed by atoms with Crippen molar-refractivity contribution in [3.05, 3.63) is 18.6 Å². The molecule has 0 saturated heterocycles. The largest absolute Gasteiger partial charge is 0.115 e. The quantitative estimate of drug-likeness (QED) is 0.385. The van der Waals surface area contributed by atoms with Crippen molar-refractivity contribution in [1.82, 2.24) is 0 Å². The molecule has 0 aromatic heterocycles. The van der Waals surface area contributed by atoms with E-state index < -0.39 is 0 Å². The van der Waals surface area contributed by atoms with Crippen LogP contribution in [0, 0.1) is 19.3 Å². The third-order valence-corrected chi connectivity index (χ3v) is 0.534. The van der Waals surface area contributed by atoms with Gasteiger partial charge in [-0.05, 0) is 19.4 Å². The summed E-state index contributed by atoms with van der Waals surface area (Å²) >= 11 is 0. The molecule has 0 heteroatoms. The number of rotatable bonds is 0. The number of hydrogen-bond donors (Lipinski definition) is 0. The van der Waals surface area contributed by atoms with Crippen LogP contribution in [0.5, 0.6) is 0 Å². The lowest BCUT2D eigenvalue weighted by atomic mass is 10.3. The second-order valence-electron chi connectivity index (χ2n) is 0.958. The van der Waals surface area contributed by atoms with Crippen LogP contribution >= 0.6 is 0 Å². The monoisotopic (exact) mass is 79.1 g/mol. The minimum absolute atomic E-state index is 0.745. The van der Waals surface area contributed by atoms with E-state index in [0.29, 0.717) is 0 Å². The first-order valence-corrected chi connectivity index (χ1v) is 1.76. The van der Waals surface area contributed by atoms with Gasteiger partial charge in [0.1, 0.15) is 0 Å². The summed E-state index contributed by atoms with van der Waals surface area (Å²) in [5.74, 6) is 2.36. The maximum atomic E-state index is 4.90. The van der Waals surface area contributed by atoms with Crippen LogP contribution in [-0.2, 0) is 0 Å². The van der Waals surface area contributed by atoms with E-state index in [1.165, 1.54) is 0 Å². The molecular weight excluding hydrogens is 72.1 g/mol. The molecule has 0 aromatic rings. The molecule has 0 unspecified atom stereocenters. The van der Waals surface area contributed by atoms with Crippen molar-refractivity contribution < 1.29 is 0 Å². The standard InChI is InChI=1S/C6H7/c1-4-6(3)5-2/h1,5H,3H2,2H3/b6-5-. The van der Waals surface area contributed by atoms with Crippen molar-refractivity contribution in [3.8, 4) is 12.3 Å². The summed E-state index contributed by atoms with van der Waals surface area (Å²) < 4.78 is 0. The molecule has 0 saturated carbocycles. The lowest BCUT2D eigenvalue weighted by Gasteiger charge is -1.74. The highest BCUT2D eigenvalue weighted by atomic mass is 13.7. The molecule has 1 radical (unpaired) electrons. The Morgan fingerprint density at radius 2 is 2.50 bits per heavy atom. The third kappa shape index (κ3) is 1.60. The number of allylic oxidation sites excluding steroid dienone is 2. The topological polar surface area (TPSA) is 0 Å². The van der Waals surface area contributed by atoms with Gasteiger partial charge in [0.25, 0.3) is 0 Å². The van der Waals surface area contributed by atoms with Crippen molar-refractivity contribution in [2.24, 2.45) is 0 Å². The van der Waals surface area contributed by atoms with Gasteiger partial charge in [-0.2, -0.15) is 0 Å². The SMILES string of the molecule is C#C/C([CH2])=C\C. The number of terminal acetylenes is 1. The summed E-state index contributed by atoms with van der Waals surface area (Å²) in [6, 6.07) is 0. The molecule has 0 aliphatic rings. The fourth-order valence-corrected chi connectivity index (χ4v) is 0.0833. The molecular formula is C6H7. The van der Waals surface area contributed by atoms with Crippen LogP contribution in [0.1, 0.15) is 6.92 Å². The van der Waals surface area contributed by atoms with E-state index in [9.17, 15) is 0 Å². The third-order valence-electron chi connectivity index (χ3n) is 0.534. The van der Waals surface area contributed by atoms with Gasteiger partial charge < -0.3 is 0 Å². The average Bonchev–Trinajstić information content (AvgIpc) is 1.65. The van der Waals surface area contributed by atoms with Crippen LogP contribution in [-0.4, -0.2) is 0 Å². The molecule has 0 fully saturated rings. The molecule has 0 heterocycles. The Hall–Kier alpha value is -0.700. The molecule has 31 valence electrons. The Balaban J connectivity index is 3.61. The highest BCUT2D eigenvalue weighted by Crippen LogP contribution is 1.82. The molecule has 0 aliphatic carbocycles. The van der Waals surface area contributed by atoms with Gasteiger partial charge >= 0.3 is 0 Å². The first kappa shape index (κ1) is 5.30. The van der Waals surface area contributed by atoms with E-state index in [2.05, 4.69) is 12.8 Å². The molecule has 0 aromatic carbocycles. The first-order chi connectivity index (χ1) is 2.81. The Morgan fingerprint density at radius 1 is 2.00 bits per heavy atom. The van der Waals surface area contributed by atoms with Gasteiger partial charge in [-0.15, -0.1) is 6.42 Å². The average molecular weight is 79.1 g/mol. The van der Waals surface area contributed by atoms with Gasteiger partial charge in [0.05, 0.1) is 0 Å². The van der Waals surface area contributed by atoms with Gasteiger partial charge in [-0.1, -0.05) is 12.0 Å². The van der Waals surface area contributed by atoms with E-state index in [4.69, 9.17) is 6.42 Å². The van der Waals surface area contributed by atoms with Gasteiger partial charge in [0.15, 0.2) is 0 Å². The summed E-state index contributed by atoms with van der Waals surface area (Å²) in [4.78, 5) is 0.